The van der Waals surface area contributed by atoms with Crippen LogP contribution < -0.4 is 5.73 Å². The van der Waals surface area contributed by atoms with Crippen LogP contribution in [0, 0.1) is 0 Å². The molecule has 0 amide bonds. The van der Waals surface area contributed by atoms with E-state index >= 15 is 0 Å². The Morgan fingerprint density at radius 2 is 1.57 bits per heavy atom. The highest BCUT2D eigenvalue weighted by Crippen LogP contribution is 2.24. The minimum Gasteiger partial charge on any atom is -0.480 e. The summed E-state index contributed by atoms with van der Waals surface area (Å²) in [5.41, 5.74) is 7.99. The van der Waals surface area contributed by atoms with E-state index in [1.807, 2.05) is 54.6 Å². The summed E-state index contributed by atoms with van der Waals surface area (Å²) in [5.74, 6) is -0.144. The van der Waals surface area contributed by atoms with Crippen molar-refractivity contribution in [1.29, 1.82) is 0 Å². The van der Waals surface area contributed by atoms with Gasteiger partial charge in [0.2, 0.25) is 11.8 Å². The van der Waals surface area contributed by atoms with Crippen LogP contribution in [-0.4, -0.2) is 27.3 Å². The fraction of sp³-hybridized carbons (Fsp3) is 0.118. The van der Waals surface area contributed by atoms with Gasteiger partial charge in [-0.2, -0.15) is 0 Å². The summed E-state index contributed by atoms with van der Waals surface area (Å²) < 4.78 is 5.67. The number of rotatable bonds is 5. The normalized spacial score (nSPS) is 12.0. The Hall–Kier alpha value is -2.99. The van der Waals surface area contributed by atoms with Gasteiger partial charge in [0.15, 0.2) is 0 Å². The minimum absolute atomic E-state index is 0.273. The van der Waals surface area contributed by atoms with Crippen LogP contribution in [0.25, 0.3) is 22.9 Å². The lowest BCUT2D eigenvalue weighted by molar-refractivity contribution is -0.138. The zero-order valence-electron chi connectivity index (χ0n) is 12.2. The molecule has 0 bridgehead atoms. The molecule has 1 unspecified atom stereocenters. The van der Waals surface area contributed by atoms with Crippen LogP contribution in [-0.2, 0) is 11.2 Å². The van der Waals surface area contributed by atoms with Crippen LogP contribution in [0.15, 0.2) is 59.0 Å². The van der Waals surface area contributed by atoms with Gasteiger partial charge in [-0.3, -0.25) is 4.79 Å². The number of aromatic nitrogens is 2. The Balaban J connectivity index is 1.78. The van der Waals surface area contributed by atoms with E-state index in [-0.39, 0.29) is 6.42 Å². The van der Waals surface area contributed by atoms with Gasteiger partial charge in [-0.1, -0.05) is 30.3 Å². The molecule has 1 atom stereocenters. The molecule has 2 aromatic carbocycles. The van der Waals surface area contributed by atoms with Crippen LogP contribution in [0.5, 0.6) is 0 Å². The predicted octanol–water partition coefficient (Wildman–Crippen LogP) is 2.36. The summed E-state index contributed by atoms with van der Waals surface area (Å²) in [7, 11) is 0. The van der Waals surface area contributed by atoms with Crippen LogP contribution in [0.4, 0.5) is 0 Å². The van der Waals surface area contributed by atoms with Crippen molar-refractivity contribution in [3.63, 3.8) is 0 Å². The molecule has 0 aliphatic carbocycles. The Morgan fingerprint density at radius 1 is 1.00 bits per heavy atom. The first kappa shape index (κ1) is 14.9. The Labute approximate surface area is 132 Å². The first-order chi connectivity index (χ1) is 11.1. The lowest BCUT2D eigenvalue weighted by Gasteiger charge is -2.06. The summed E-state index contributed by atoms with van der Waals surface area (Å²) in [5, 5.41) is 16.9. The maximum atomic E-state index is 10.8. The molecular weight excluding hydrogens is 294 g/mol. The third-order valence-corrected chi connectivity index (χ3v) is 3.42. The zero-order chi connectivity index (χ0) is 16.2. The second-order valence-electron chi connectivity index (χ2n) is 5.12. The fourth-order valence-electron chi connectivity index (χ4n) is 2.16. The first-order valence-electron chi connectivity index (χ1n) is 7.10. The molecule has 3 rings (SSSR count). The number of carboxylic acid groups (broad SMARTS) is 1. The Bertz CT molecular complexity index is 797. The number of carboxylic acids is 1. The monoisotopic (exact) mass is 309 g/mol. The quantitative estimate of drug-likeness (QED) is 0.750. The lowest BCUT2D eigenvalue weighted by atomic mass is 10.0. The Morgan fingerprint density at radius 3 is 2.13 bits per heavy atom. The topological polar surface area (TPSA) is 102 Å². The molecule has 0 spiro atoms. The number of hydrogen-bond acceptors (Lipinski definition) is 5. The van der Waals surface area contributed by atoms with Gasteiger partial charge in [0.25, 0.3) is 0 Å². The number of nitrogens with two attached hydrogens (primary N) is 1. The molecule has 0 aliphatic rings. The van der Waals surface area contributed by atoms with Gasteiger partial charge >= 0.3 is 5.97 Å². The molecule has 1 aromatic heterocycles. The molecule has 3 aromatic rings. The number of carbonyl (C=O) groups is 1. The third-order valence-electron chi connectivity index (χ3n) is 3.42. The molecule has 0 saturated carbocycles. The van der Waals surface area contributed by atoms with Gasteiger partial charge < -0.3 is 15.3 Å². The van der Waals surface area contributed by atoms with Crippen molar-refractivity contribution in [2.24, 2.45) is 5.73 Å². The van der Waals surface area contributed by atoms with E-state index in [0.29, 0.717) is 11.8 Å². The molecule has 0 aliphatic heterocycles. The molecule has 6 nitrogen and oxygen atoms in total. The van der Waals surface area contributed by atoms with E-state index in [1.54, 1.807) is 0 Å². The molecule has 0 fully saturated rings. The largest absolute Gasteiger partial charge is 0.480 e. The standard InChI is InChI=1S/C17H15N3O3/c18-14(17(21)22)10-11-6-8-13(9-7-11)16-20-19-15(23-16)12-4-2-1-3-5-12/h1-9,14H,10,18H2,(H,21,22). The molecule has 6 heteroatoms. The van der Waals surface area contributed by atoms with Crippen LogP contribution in [0.1, 0.15) is 5.56 Å². The number of aliphatic carboxylic acids is 1. The van der Waals surface area contributed by atoms with E-state index in [0.717, 1.165) is 16.7 Å². The SMILES string of the molecule is NC(Cc1ccc(-c2nnc(-c3ccccc3)o2)cc1)C(=O)O. The smallest absolute Gasteiger partial charge is 0.320 e. The average molecular weight is 309 g/mol. The molecule has 116 valence electrons. The van der Waals surface area contributed by atoms with Crippen LogP contribution >= 0.6 is 0 Å². The van der Waals surface area contributed by atoms with E-state index in [1.165, 1.54) is 0 Å². The predicted molar refractivity (Wildman–Crippen MR) is 84.5 cm³/mol. The maximum absolute atomic E-state index is 10.8. The number of hydrogen-bond donors (Lipinski definition) is 2. The number of benzene rings is 2. The van der Waals surface area contributed by atoms with E-state index in [9.17, 15) is 4.79 Å². The molecular formula is C17H15N3O3. The molecule has 0 saturated heterocycles. The second-order valence-corrected chi connectivity index (χ2v) is 5.12. The molecule has 3 N–H and O–H groups in total. The molecule has 1 heterocycles. The van der Waals surface area contributed by atoms with Gasteiger partial charge in [0, 0.05) is 11.1 Å². The van der Waals surface area contributed by atoms with Crippen molar-refractivity contribution in [3.8, 4) is 22.9 Å². The van der Waals surface area contributed by atoms with Crippen molar-refractivity contribution >= 4 is 5.97 Å². The third kappa shape index (κ3) is 3.44. The summed E-state index contributed by atoms with van der Waals surface area (Å²) in [6.45, 7) is 0. The van der Waals surface area contributed by atoms with Crippen molar-refractivity contribution < 1.29 is 14.3 Å². The highest BCUT2D eigenvalue weighted by Gasteiger charge is 2.13. The highest BCUT2D eigenvalue weighted by molar-refractivity contribution is 5.73. The molecule has 0 radical (unpaired) electrons. The van der Waals surface area contributed by atoms with Crippen molar-refractivity contribution in [1.82, 2.24) is 10.2 Å². The maximum Gasteiger partial charge on any atom is 0.320 e. The van der Waals surface area contributed by atoms with Gasteiger partial charge in [-0.15, -0.1) is 10.2 Å². The summed E-state index contributed by atoms with van der Waals surface area (Å²) in [6.07, 6.45) is 0.273. The average Bonchev–Trinajstić information content (AvgIpc) is 3.06. The van der Waals surface area contributed by atoms with E-state index in [4.69, 9.17) is 15.3 Å². The van der Waals surface area contributed by atoms with E-state index in [2.05, 4.69) is 10.2 Å². The first-order valence-corrected chi connectivity index (χ1v) is 7.10. The summed E-state index contributed by atoms with van der Waals surface area (Å²) in [4.78, 5) is 10.8. The van der Waals surface area contributed by atoms with Gasteiger partial charge in [0.1, 0.15) is 6.04 Å². The zero-order valence-corrected chi connectivity index (χ0v) is 12.2. The van der Waals surface area contributed by atoms with Crippen LogP contribution in [0.2, 0.25) is 0 Å². The van der Waals surface area contributed by atoms with Crippen molar-refractivity contribution in [2.75, 3.05) is 0 Å². The van der Waals surface area contributed by atoms with Crippen molar-refractivity contribution in [3.05, 3.63) is 60.2 Å². The van der Waals surface area contributed by atoms with Crippen molar-refractivity contribution in [2.45, 2.75) is 12.5 Å². The van der Waals surface area contributed by atoms with E-state index < -0.39 is 12.0 Å². The number of nitrogens with zero attached hydrogens (tertiary/aromatic N) is 2. The van der Waals surface area contributed by atoms with Gasteiger partial charge in [0.05, 0.1) is 0 Å². The molecule has 23 heavy (non-hydrogen) atoms. The summed E-state index contributed by atoms with van der Waals surface area (Å²) >= 11 is 0. The minimum atomic E-state index is -1.02. The Kier molecular flexibility index (Phi) is 4.16. The lowest BCUT2D eigenvalue weighted by Crippen LogP contribution is -2.32. The second kappa shape index (κ2) is 6.41. The highest BCUT2D eigenvalue weighted by atomic mass is 16.4. The summed E-state index contributed by atoms with van der Waals surface area (Å²) in [6, 6.07) is 15.9. The van der Waals surface area contributed by atoms with Gasteiger partial charge in [-0.05, 0) is 36.2 Å². The van der Waals surface area contributed by atoms with Crippen LogP contribution in [0.3, 0.4) is 0 Å². The van der Waals surface area contributed by atoms with Gasteiger partial charge in [-0.25, -0.2) is 0 Å². The fourth-order valence-corrected chi connectivity index (χ4v) is 2.16.